The molecule has 6 heteroatoms. The third kappa shape index (κ3) is 4.45. The summed E-state index contributed by atoms with van der Waals surface area (Å²) in [4.78, 5) is 13.2. The highest BCUT2D eigenvalue weighted by atomic mass is 32.2. The second-order valence-electron chi connectivity index (χ2n) is 6.12. The first-order chi connectivity index (χ1) is 11.8. The van der Waals surface area contributed by atoms with E-state index in [0.29, 0.717) is 23.7 Å². The topological polar surface area (TPSA) is 67.8 Å². The molecule has 2 aromatic rings. The summed E-state index contributed by atoms with van der Waals surface area (Å²) in [6.07, 6.45) is 7.92. The largest absolute Gasteiger partial charge is 0.308 e. The molecule has 5 nitrogen and oxygen atoms in total. The summed E-state index contributed by atoms with van der Waals surface area (Å²) in [5.41, 5.74) is 1.75. The van der Waals surface area contributed by atoms with Gasteiger partial charge in [-0.15, -0.1) is 0 Å². The van der Waals surface area contributed by atoms with Crippen molar-refractivity contribution in [3.63, 3.8) is 0 Å². The van der Waals surface area contributed by atoms with Crippen molar-refractivity contribution in [3.8, 4) is 11.5 Å². The molecule has 1 fully saturated rings. The fourth-order valence-corrected chi connectivity index (χ4v) is 4.51. The van der Waals surface area contributed by atoms with E-state index >= 15 is 0 Å². The van der Waals surface area contributed by atoms with Crippen LogP contribution < -0.4 is 5.32 Å². The molecule has 2 heterocycles. The van der Waals surface area contributed by atoms with Gasteiger partial charge in [0.15, 0.2) is 5.82 Å². The zero-order chi connectivity index (χ0) is 16.8. The smallest absolute Gasteiger partial charge is 0.178 e. The van der Waals surface area contributed by atoms with Gasteiger partial charge in [-0.3, -0.25) is 9.19 Å². The Balaban J connectivity index is 1.60. The standard InChI is InChI=1S/C18H24N4OS/c1-2-24(23)16-7-5-6-14(12-16)21-13-15-9-11-20-18(22-15)17-8-3-4-10-19-17/h3-4,8-11,14,16,21H,2,5-7,12-13H2,1H3. The van der Waals surface area contributed by atoms with Gasteiger partial charge in [-0.2, -0.15) is 0 Å². The Morgan fingerprint density at radius 1 is 1.21 bits per heavy atom. The summed E-state index contributed by atoms with van der Waals surface area (Å²) in [5.74, 6) is 1.42. The van der Waals surface area contributed by atoms with Gasteiger partial charge in [-0.05, 0) is 37.5 Å². The van der Waals surface area contributed by atoms with E-state index in [4.69, 9.17) is 0 Å². The average molecular weight is 344 g/mol. The average Bonchev–Trinajstić information content (AvgIpc) is 2.67. The molecule has 1 saturated carbocycles. The molecule has 3 unspecified atom stereocenters. The first kappa shape index (κ1) is 17.2. The van der Waals surface area contributed by atoms with Crippen LogP contribution in [0.5, 0.6) is 0 Å². The minimum atomic E-state index is -0.685. The molecule has 0 spiro atoms. The van der Waals surface area contributed by atoms with Gasteiger partial charge in [0.2, 0.25) is 0 Å². The molecule has 24 heavy (non-hydrogen) atoms. The molecular weight excluding hydrogens is 320 g/mol. The SMILES string of the molecule is CCS(=O)C1CCCC(NCc2ccnc(-c3ccccn3)n2)C1. The summed E-state index contributed by atoms with van der Waals surface area (Å²) in [5, 5.41) is 3.92. The molecule has 1 aliphatic carbocycles. The van der Waals surface area contributed by atoms with Crippen molar-refractivity contribution >= 4 is 10.8 Å². The van der Waals surface area contributed by atoms with E-state index in [0.717, 1.165) is 42.8 Å². The lowest BCUT2D eigenvalue weighted by molar-refractivity contribution is 0.374. The summed E-state index contributed by atoms with van der Waals surface area (Å²) < 4.78 is 12.0. The molecule has 0 saturated heterocycles. The molecule has 0 amide bonds. The predicted octanol–water partition coefficient (Wildman–Crippen LogP) is 2.71. The van der Waals surface area contributed by atoms with Crippen LogP contribution in [0.2, 0.25) is 0 Å². The van der Waals surface area contributed by atoms with Crippen molar-refractivity contribution in [2.45, 2.75) is 50.4 Å². The van der Waals surface area contributed by atoms with Crippen LogP contribution in [-0.2, 0) is 17.3 Å². The van der Waals surface area contributed by atoms with Crippen molar-refractivity contribution in [2.75, 3.05) is 5.75 Å². The first-order valence-corrected chi connectivity index (χ1v) is 9.98. The number of pyridine rings is 1. The van der Waals surface area contributed by atoms with Crippen molar-refractivity contribution in [3.05, 3.63) is 42.4 Å². The number of aromatic nitrogens is 3. The fraction of sp³-hybridized carbons (Fsp3) is 0.500. The molecule has 0 aliphatic heterocycles. The first-order valence-electron chi connectivity index (χ1n) is 8.60. The number of nitrogens with one attached hydrogen (secondary N) is 1. The quantitative estimate of drug-likeness (QED) is 0.873. The van der Waals surface area contributed by atoms with Crippen molar-refractivity contribution in [2.24, 2.45) is 0 Å². The lowest BCUT2D eigenvalue weighted by Gasteiger charge is -2.29. The van der Waals surface area contributed by atoms with Crippen molar-refractivity contribution in [1.29, 1.82) is 0 Å². The van der Waals surface area contributed by atoms with E-state index in [-0.39, 0.29) is 0 Å². The Morgan fingerprint density at radius 3 is 2.92 bits per heavy atom. The lowest BCUT2D eigenvalue weighted by Crippen LogP contribution is -2.37. The Morgan fingerprint density at radius 2 is 2.12 bits per heavy atom. The van der Waals surface area contributed by atoms with E-state index in [1.54, 1.807) is 12.4 Å². The molecule has 3 rings (SSSR count). The van der Waals surface area contributed by atoms with E-state index in [1.165, 1.54) is 0 Å². The maximum Gasteiger partial charge on any atom is 0.178 e. The highest BCUT2D eigenvalue weighted by Crippen LogP contribution is 2.23. The summed E-state index contributed by atoms with van der Waals surface area (Å²) >= 11 is 0. The van der Waals surface area contributed by atoms with Crippen molar-refractivity contribution < 1.29 is 4.21 Å². The number of hydrogen-bond donors (Lipinski definition) is 1. The Bertz CT molecular complexity index is 680. The van der Waals surface area contributed by atoms with Crippen LogP contribution in [0, 0.1) is 0 Å². The molecule has 1 N–H and O–H groups in total. The van der Waals surface area contributed by atoms with Gasteiger partial charge in [-0.1, -0.05) is 19.4 Å². The molecule has 128 valence electrons. The molecule has 2 aromatic heterocycles. The monoisotopic (exact) mass is 344 g/mol. The highest BCUT2D eigenvalue weighted by molar-refractivity contribution is 7.85. The Labute approximate surface area is 145 Å². The van der Waals surface area contributed by atoms with E-state index in [1.807, 2.05) is 31.2 Å². The fourth-order valence-electron chi connectivity index (χ4n) is 3.17. The van der Waals surface area contributed by atoms with Gasteiger partial charge in [0, 0.05) is 46.8 Å². The van der Waals surface area contributed by atoms with Crippen LogP contribution in [0.25, 0.3) is 11.5 Å². The highest BCUT2D eigenvalue weighted by Gasteiger charge is 2.25. The van der Waals surface area contributed by atoms with Crippen LogP contribution in [0.15, 0.2) is 36.7 Å². The van der Waals surface area contributed by atoms with Gasteiger partial charge < -0.3 is 5.32 Å². The Kier molecular flexibility index (Phi) is 6.04. The zero-order valence-electron chi connectivity index (χ0n) is 14.0. The van der Waals surface area contributed by atoms with Gasteiger partial charge in [0.05, 0.1) is 5.69 Å². The minimum Gasteiger partial charge on any atom is -0.308 e. The minimum absolute atomic E-state index is 0.343. The van der Waals surface area contributed by atoms with Crippen molar-refractivity contribution in [1.82, 2.24) is 20.3 Å². The number of rotatable bonds is 6. The second kappa shape index (κ2) is 8.44. The van der Waals surface area contributed by atoms with Crippen LogP contribution in [0.3, 0.4) is 0 Å². The third-order valence-corrected chi connectivity index (χ3v) is 6.20. The number of hydrogen-bond acceptors (Lipinski definition) is 5. The molecule has 3 atom stereocenters. The molecule has 0 aromatic carbocycles. The van der Waals surface area contributed by atoms with Crippen LogP contribution in [0.4, 0.5) is 0 Å². The summed E-state index contributed by atoms with van der Waals surface area (Å²) in [7, 11) is -0.685. The summed E-state index contributed by atoms with van der Waals surface area (Å²) in [6.45, 7) is 2.71. The third-order valence-electron chi connectivity index (χ3n) is 4.46. The van der Waals surface area contributed by atoms with E-state index < -0.39 is 10.8 Å². The number of nitrogens with zero attached hydrogens (tertiary/aromatic N) is 3. The van der Waals surface area contributed by atoms with E-state index in [2.05, 4.69) is 20.3 Å². The molecular formula is C18H24N4OS. The van der Waals surface area contributed by atoms with Crippen LogP contribution in [-0.4, -0.2) is 36.2 Å². The maximum absolute atomic E-state index is 12.0. The van der Waals surface area contributed by atoms with Crippen LogP contribution >= 0.6 is 0 Å². The summed E-state index contributed by atoms with van der Waals surface area (Å²) in [6, 6.07) is 8.09. The molecule has 0 radical (unpaired) electrons. The predicted molar refractivity (Wildman–Crippen MR) is 96.8 cm³/mol. The Hall–Kier alpha value is -1.66. The van der Waals surface area contributed by atoms with E-state index in [9.17, 15) is 4.21 Å². The maximum atomic E-state index is 12.0. The molecule has 1 aliphatic rings. The van der Waals surface area contributed by atoms with Gasteiger partial charge in [0.1, 0.15) is 5.69 Å². The van der Waals surface area contributed by atoms with Gasteiger partial charge in [0.25, 0.3) is 0 Å². The zero-order valence-corrected chi connectivity index (χ0v) is 14.8. The van der Waals surface area contributed by atoms with Gasteiger partial charge in [-0.25, -0.2) is 9.97 Å². The van der Waals surface area contributed by atoms with Gasteiger partial charge >= 0.3 is 0 Å². The lowest BCUT2D eigenvalue weighted by atomic mass is 9.95. The second-order valence-corrected chi connectivity index (χ2v) is 8.13. The van der Waals surface area contributed by atoms with Crippen LogP contribution in [0.1, 0.15) is 38.3 Å². The normalized spacial score (nSPS) is 22.2. The molecule has 0 bridgehead atoms.